The van der Waals surface area contributed by atoms with E-state index in [-0.39, 0.29) is 0 Å². The smallest absolute Gasteiger partial charge is 0.180 e. The van der Waals surface area contributed by atoms with Crippen molar-refractivity contribution >= 4 is 21.6 Å². The second-order valence-electron chi connectivity index (χ2n) is 4.95. The summed E-state index contributed by atoms with van der Waals surface area (Å²) in [5.74, 6) is 1.19. The van der Waals surface area contributed by atoms with Gasteiger partial charge in [0, 0.05) is 5.75 Å². The quantitative estimate of drug-likeness (QED) is 0.756. The summed E-state index contributed by atoms with van der Waals surface area (Å²) in [6, 6.07) is 7.08. The van der Waals surface area contributed by atoms with Gasteiger partial charge in [0.15, 0.2) is 9.84 Å². The van der Waals surface area contributed by atoms with Gasteiger partial charge in [-0.3, -0.25) is 0 Å². The average molecular weight is 297 g/mol. The first-order valence-electron chi connectivity index (χ1n) is 6.21. The zero-order chi connectivity index (χ0) is 14.5. The van der Waals surface area contributed by atoms with E-state index in [1.54, 1.807) is 26.0 Å². The molecular formula is C14H19NO2S2. The molecule has 1 rings (SSSR count). The van der Waals surface area contributed by atoms with Gasteiger partial charge < -0.3 is 0 Å². The first-order chi connectivity index (χ1) is 8.87. The van der Waals surface area contributed by atoms with Gasteiger partial charge in [-0.25, -0.2) is 8.42 Å². The maximum absolute atomic E-state index is 12.0. The molecule has 104 valence electrons. The number of sulfone groups is 1. The van der Waals surface area contributed by atoms with E-state index in [0.717, 1.165) is 17.7 Å². The Kier molecular flexibility index (Phi) is 5.89. The molecule has 0 N–H and O–H groups in total. The summed E-state index contributed by atoms with van der Waals surface area (Å²) in [4.78, 5) is 0.380. The van der Waals surface area contributed by atoms with Crippen molar-refractivity contribution in [2.45, 2.75) is 37.3 Å². The molecule has 0 bridgehead atoms. The van der Waals surface area contributed by atoms with Gasteiger partial charge in [0.2, 0.25) is 0 Å². The second-order valence-corrected chi connectivity index (χ2v) is 8.26. The van der Waals surface area contributed by atoms with Crippen LogP contribution in [0.15, 0.2) is 29.2 Å². The van der Waals surface area contributed by atoms with Crippen LogP contribution in [0.3, 0.4) is 0 Å². The monoisotopic (exact) mass is 297 g/mol. The summed E-state index contributed by atoms with van der Waals surface area (Å²) in [5.41, 5.74) is 1.11. The van der Waals surface area contributed by atoms with Crippen LogP contribution >= 0.6 is 11.8 Å². The van der Waals surface area contributed by atoms with Crippen LogP contribution in [0.4, 0.5) is 0 Å². The zero-order valence-electron chi connectivity index (χ0n) is 11.5. The highest BCUT2D eigenvalue weighted by Gasteiger charge is 2.18. The minimum Gasteiger partial charge on any atom is -0.223 e. The normalized spacial score (nSPS) is 13.2. The molecule has 0 spiro atoms. The number of hydrogen-bond donors (Lipinski definition) is 0. The summed E-state index contributed by atoms with van der Waals surface area (Å²) >= 11 is 1.26. The number of thiocyanates is 1. The van der Waals surface area contributed by atoms with Gasteiger partial charge in [0.05, 0.1) is 10.1 Å². The maximum atomic E-state index is 12.0. The van der Waals surface area contributed by atoms with Gasteiger partial charge in [-0.05, 0) is 55.6 Å². The fourth-order valence-electron chi connectivity index (χ4n) is 1.73. The summed E-state index contributed by atoms with van der Waals surface area (Å²) in [6.45, 7) is 5.46. The van der Waals surface area contributed by atoms with E-state index >= 15 is 0 Å². The molecule has 3 nitrogen and oxygen atoms in total. The Morgan fingerprint density at radius 2 is 1.79 bits per heavy atom. The molecule has 1 aromatic carbocycles. The Hall–Kier alpha value is -0.990. The highest BCUT2D eigenvalue weighted by Crippen LogP contribution is 2.19. The van der Waals surface area contributed by atoms with Crippen LogP contribution in [-0.2, 0) is 16.3 Å². The number of rotatable bonds is 6. The molecule has 0 amide bonds. The van der Waals surface area contributed by atoms with Crippen LogP contribution in [0, 0.1) is 16.6 Å². The van der Waals surface area contributed by atoms with Crippen molar-refractivity contribution in [3.8, 4) is 5.40 Å². The summed E-state index contributed by atoms with van der Waals surface area (Å²) in [7, 11) is -3.18. The molecule has 0 fully saturated rings. The molecule has 19 heavy (non-hydrogen) atoms. The molecule has 0 saturated carbocycles. The molecular weight excluding hydrogens is 278 g/mol. The lowest BCUT2D eigenvalue weighted by Gasteiger charge is -2.11. The summed E-state index contributed by atoms with van der Waals surface area (Å²) in [5, 5.41) is 10.2. The van der Waals surface area contributed by atoms with Crippen molar-refractivity contribution in [3.05, 3.63) is 29.8 Å². The SMILES string of the molecule is CC(CSC#N)Cc1ccc(S(=O)(=O)C(C)C)cc1. The molecule has 0 aliphatic rings. The first-order valence-corrected chi connectivity index (χ1v) is 8.74. The molecule has 0 heterocycles. The molecule has 0 radical (unpaired) electrons. The molecule has 5 heteroatoms. The van der Waals surface area contributed by atoms with Crippen molar-refractivity contribution in [3.63, 3.8) is 0 Å². The van der Waals surface area contributed by atoms with E-state index in [4.69, 9.17) is 5.26 Å². The highest BCUT2D eigenvalue weighted by molar-refractivity contribution is 8.03. The van der Waals surface area contributed by atoms with Gasteiger partial charge in [-0.15, -0.1) is 0 Å². The lowest BCUT2D eigenvalue weighted by molar-refractivity contribution is 0.587. The molecule has 0 aliphatic carbocycles. The van der Waals surface area contributed by atoms with Crippen molar-refractivity contribution in [1.82, 2.24) is 0 Å². The third-order valence-electron chi connectivity index (χ3n) is 2.89. The third kappa shape index (κ3) is 4.55. The van der Waals surface area contributed by atoms with Crippen LogP contribution in [0.2, 0.25) is 0 Å². The minimum absolute atomic E-state index is 0.380. The average Bonchev–Trinajstić information content (AvgIpc) is 2.36. The lowest BCUT2D eigenvalue weighted by atomic mass is 10.0. The standard InChI is InChI=1S/C14H19NO2S2/c1-11(2)19(16,17)14-6-4-13(5-7-14)8-12(3)9-18-10-15/h4-7,11-12H,8-9H2,1-3H3. The van der Waals surface area contributed by atoms with Gasteiger partial charge in [-0.1, -0.05) is 19.1 Å². The van der Waals surface area contributed by atoms with Crippen LogP contribution in [-0.4, -0.2) is 19.4 Å². The molecule has 0 aromatic heterocycles. The van der Waals surface area contributed by atoms with E-state index < -0.39 is 15.1 Å². The molecule has 0 aliphatic heterocycles. The van der Waals surface area contributed by atoms with Crippen molar-refractivity contribution in [1.29, 1.82) is 5.26 Å². The Morgan fingerprint density at radius 1 is 1.21 bits per heavy atom. The molecule has 1 atom stereocenters. The fourth-order valence-corrected chi connectivity index (χ4v) is 3.26. The van der Waals surface area contributed by atoms with Crippen molar-refractivity contribution < 1.29 is 8.42 Å². The number of hydrogen-bond acceptors (Lipinski definition) is 4. The molecule has 0 saturated heterocycles. The van der Waals surface area contributed by atoms with E-state index in [2.05, 4.69) is 12.3 Å². The zero-order valence-corrected chi connectivity index (χ0v) is 13.1. The van der Waals surface area contributed by atoms with E-state index in [1.165, 1.54) is 11.8 Å². The summed E-state index contributed by atoms with van der Waals surface area (Å²) < 4.78 is 23.9. The third-order valence-corrected chi connectivity index (χ3v) is 5.92. The highest BCUT2D eigenvalue weighted by atomic mass is 32.2. The Bertz CT molecular complexity index is 542. The van der Waals surface area contributed by atoms with E-state index in [9.17, 15) is 8.42 Å². The van der Waals surface area contributed by atoms with Crippen molar-refractivity contribution in [2.75, 3.05) is 5.75 Å². The predicted molar refractivity (Wildman–Crippen MR) is 79.7 cm³/mol. The van der Waals surface area contributed by atoms with E-state index in [1.807, 2.05) is 12.1 Å². The topological polar surface area (TPSA) is 57.9 Å². The van der Waals surface area contributed by atoms with Gasteiger partial charge >= 0.3 is 0 Å². The Morgan fingerprint density at radius 3 is 2.26 bits per heavy atom. The van der Waals surface area contributed by atoms with Gasteiger partial charge in [0.25, 0.3) is 0 Å². The minimum atomic E-state index is -3.18. The lowest BCUT2D eigenvalue weighted by Crippen LogP contribution is -2.14. The van der Waals surface area contributed by atoms with Crippen molar-refractivity contribution in [2.24, 2.45) is 5.92 Å². The number of nitrogens with zero attached hydrogens (tertiary/aromatic N) is 1. The number of benzene rings is 1. The largest absolute Gasteiger partial charge is 0.223 e. The van der Waals surface area contributed by atoms with Crippen LogP contribution in [0.5, 0.6) is 0 Å². The maximum Gasteiger partial charge on any atom is 0.180 e. The number of nitriles is 1. The molecule has 1 unspecified atom stereocenters. The van der Waals surface area contributed by atoms with E-state index in [0.29, 0.717) is 10.8 Å². The first kappa shape index (κ1) is 16.1. The van der Waals surface area contributed by atoms with Crippen LogP contribution < -0.4 is 0 Å². The van der Waals surface area contributed by atoms with Crippen LogP contribution in [0.25, 0.3) is 0 Å². The second kappa shape index (κ2) is 6.97. The molecule has 1 aromatic rings. The Balaban J connectivity index is 2.75. The summed E-state index contributed by atoms with van der Waals surface area (Å²) in [6.07, 6.45) is 0.858. The number of thioether (sulfide) groups is 1. The fraction of sp³-hybridized carbons (Fsp3) is 0.500. The Labute approximate surface area is 119 Å². The van der Waals surface area contributed by atoms with Gasteiger partial charge in [-0.2, -0.15) is 5.26 Å². The van der Waals surface area contributed by atoms with Gasteiger partial charge in [0.1, 0.15) is 5.40 Å². The predicted octanol–water partition coefficient (Wildman–Crippen LogP) is 3.26. The van der Waals surface area contributed by atoms with Crippen LogP contribution in [0.1, 0.15) is 26.3 Å².